The van der Waals surface area contributed by atoms with Gasteiger partial charge in [-0.25, -0.2) is 0 Å². The maximum atomic E-state index is 12.6. The lowest BCUT2D eigenvalue weighted by atomic mass is 10.1. The van der Waals surface area contributed by atoms with Crippen molar-refractivity contribution in [3.05, 3.63) is 42.0 Å². The third kappa shape index (κ3) is 4.35. The second kappa shape index (κ2) is 8.61. The largest absolute Gasteiger partial charge is 0.493 e. The molecule has 2 aromatic rings. The summed E-state index contributed by atoms with van der Waals surface area (Å²) in [7, 11) is 4.41. The van der Waals surface area contributed by atoms with Gasteiger partial charge in [-0.1, -0.05) is 0 Å². The molecule has 0 aromatic heterocycles. The summed E-state index contributed by atoms with van der Waals surface area (Å²) in [6.07, 6.45) is 0. The number of rotatable bonds is 8. The van der Waals surface area contributed by atoms with Crippen LogP contribution in [0.4, 0.5) is 5.69 Å². The quantitative estimate of drug-likeness (QED) is 0.743. The van der Waals surface area contributed by atoms with Crippen LogP contribution in [-0.2, 0) is 4.79 Å². The number of hydrogen-bond donors (Lipinski definition) is 2. The topological polar surface area (TPSA) is 109 Å². The molecule has 0 saturated carbocycles. The van der Waals surface area contributed by atoms with E-state index in [1.54, 1.807) is 36.4 Å². The predicted molar refractivity (Wildman–Crippen MR) is 95.2 cm³/mol. The molecule has 0 spiro atoms. The van der Waals surface area contributed by atoms with E-state index in [2.05, 4.69) is 5.32 Å². The Morgan fingerprint density at radius 3 is 2.12 bits per heavy atom. The number of carbonyl (C=O) groups excluding carboxylic acids is 2. The molecule has 3 N–H and O–H groups in total. The van der Waals surface area contributed by atoms with E-state index in [0.29, 0.717) is 28.5 Å². The first kappa shape index (κ1) is 18.9. The van der Waals surface area contributed by atoms with Gasteiger partial charge in [0.1, 0.15) is 5.75 Å². The van der Waals surface area contributed by atoms with Crippen molar-refractivity contribution >= 4 is 17.5 Å². The van der Waals surface area contributed by atoms with Gasteiger partial charge in [0.15, 0.2) is 18.1 Å². The van der Waals surface area contributed by atoms with Gasteiger partial charge < -0.3 is 30.0 Å². The molecule has 0 fully saturated rings. The van der Waals surface area contributed by atoms with Crippen LogP contribution in [0.25, 0.3) is 0 Å². The van der Waals surface area contributed by atoms with Gasteiger partial charge in [0.2, 0.25) is 5.75 Å². The summed E-state index contributed by atoms with van der Waals surface area (Å²) in [4.78, 5) is 23.3. The summed E-state index contributed by atoms with van der Waals surface area (Å²) >= 11 is 0. The molecule has 0 saturated heterocycles. The van der Waals surface area contributed by atoms with Gasteiger partial charge in [-0.05, 0) is 36.4 Å². The molecule has 0 atom stereocenters. The van der Waals surface area contributed by atoms with Crippen molar-refractivity contribution in [2.45, 2.75) is 0 Å². The van der Waals surface area contributed by atoms with Crippen LogP contribution in [-0.4, -0.2) is 39.8 Å². The van der Waals surface area contributed by atoms with E-state index in [0.717, 1.165) is 0 Å². The van der Waals surface area contributed by atoms with Crippen molar-refractivity contribution in [2.75, 3.05) is 33.3 Å². The van der Waals surface area contributed by atoms with Gasteiger partial charge in [0, 0.05) is 5.69 Å². The summed E-state index contributed by atoms with van der Waals surface area (Å²) in [5.74, 6) is 0.572. The highest BCUT2D eigenvalue weighted by Crippen LogP contribution is 2.39. The lowest BCUT2D eigenvalue weighted by Crippen LogP contribution is -2.20. The molecule has 0 heterocycles. The number of ether oxygens (including phenoxy) is 4. The zero-order chi connectivity index (χ0) is 19.1. The molecular formula is C18H20N2O6. The highest BCUT2D eigenvalue weighted by atomic mass is 16.5. The first-order valence-corrected chi connectivity index (χ1v) is 7.61. The van der Waals surface area contributed by atoms with E-state index >= 15 is 0 Å². The van der Waals surface area contributed by atoms with Crippen LogP contribution in [0.3, 0.4) is 0 Å². The molecule has 0 aliphatic rings. The minimum Gasteiger partial charge on any atom is -0.493 e. The Bertz CT molecular complexity index is 789. The highest BCUT2D eigenvalue weighted by molar-refractivity contribution is 6.07. The summed E-state index contributed by atoms with van der Waals surface area (Å²) in [6.45, 7) is -0.214. The van der Waals surface area contributed by atoms with Crippen molar-refractivity contribution in [2.24, 2.45) is 5.73 Å². The Kier molecular flexibility index (Phi) is 6.26. The van der Waals surface area contributed by atoms with Crippen LogP contribution in [0, 0.1) is 0 Å². The molecule has 0 radical (unpaired) electrons. The number of anilines is 1. The van der Waals surface area contributed by atoms with E-state index in [1.165, 1.54) is 21.3 Å². The fourth-order valence-corrected chi connectivity index (χ4v) is 2.27. The zero-order valence-electron chi connectivity index (χ0n) is 14.7. The molecule has 0 aliphatic carbocycles. The molecule has 2 amide bonds. The Labute approximate surface area is 150 Å². The number of nitrogens with two attached hydrogens (primary N) is 1. The Morgan fingerprint density at radius 2 is 1.58 bits per heavy atom. The highest BCUT2D eigenvalue weighted by Gasteiger charge is 2.20. The van der Waals surface area contributed by atoms with Gasteiger partial charge in [0.05, 0.1) is 26.9 Å². The number of benzene rings is 2. The van der Waals surface area contributed by atoms with E-state index < -0.39 is 5.91 Å². The van der Waals surface area contributed by atoms with Gasteiger partial charge >= 0.3 is 0 Å². The van der Waals surface area contributed by atoms with Gasteiger partial charge in [-0.2, -0.15) is 0 Å². The molecule has 0 aliphatic heterocycles. The van der Waals surface area contributed by atoms with Crippen LogP contribution in [0.1, 0.15) is 10.4 Å². The lowest BCUT2D eigenvalue weighted by Gasteiger charge is -2.15. The van der Waals surface area contributed by atoms with E-state index in [9.17, 15) is 9.59 Å². The van der Waals surface area contributed by atoms with Crippen molar-refractivity contribution in [3.8, 4) is 23.0 Å². The van der Waals surface area contributed by atoms with Crippen molar-refractivity contribution in [1.82, 2.24) is 0 Å². The summed E-state index contributed by atoms with van der Waals surface area (Å²) in [5.41, 5.74) is 5.85. The number of nitrogens with one attached hydrogen (secondary N) is 1. The molecule has 2 aromatic carbocycles. The summed E-state index contributed by atoms with van der Waals surface area (Å²) < 4.78 is 21.0. The minimum absolute atomic E-state index is 0.214. The number of carbonyl (C=O) groups is 2. The van der Waals surface area contributed by atoms with Crippen LogP contribution >= 0.6 is 0 Å². The standard InChI is InChI=1S/C18H20N2O6/c1-23-14-9-8-13(16(24-2)17(14)25-3)18(22)20-11-4-6-12(7-5-11)26-10-15(19)21/h4-9H,10H2,1-3H3,(H2,19,21)(H,20,22). The van der Waals surface area contributed by atoms with Crippen LogP contribution < -0.4 is 30.0 Å². The van der Waals surface area contributed by atoms with Gasteiger partial charge in [0.25, 0.3) is 11.8 Å². The van der Waals surface area contributed by atoms with E-state index in [1.807, 2.05) is 0 Å². The van der Waals surface area contributed by atoms with E-state index in [4.69, 9.17) is 24.7 Å². The Morgan fingerprint density at radius 1 is 0.923 bits per heavy atom. The molecule has 0 bridgehead atoms. The molecule has 2 rings (SSSR count). The fraction of sp³-hybridized carbons (Fsp3) is 0.222. The Hall–Kier alpha value is -3.42. The molecule has 8 heteroatoms. The van der Waals surface area contributed by atoms with Crippen LogP contribution in [0.15, 0.2) is 36.4 Å². The average molecular weight is 360 g/mol. The average Bonchev–Trinajstić information content (AvgIpc) is 2.65. The molecular weight excluding hydrogens is 340 g/mol. The third-order valence-electron chi connectivity index (χ3n) is 3.44. The minimum atomic E-state index is -0.567. The summed E-state index contributed by atoms with van der Waals surface area (Å²) in [6, 6.07) is 9.72. The van der Waals surface area contributed by atoms with Gasteiger partial charge in [-0.3, -0.25) is 9.59 Å². The second-order valence-electron chi connectivity index (χ2n) is 5.12. The number of primary amides is 1. The second-order valence-corrected chi connectivity index (χ2v) is 5.12. The van der Waals surface area contributed by atoms with E-state index in [-0.39, 0.29) is 18.3 Å². The lowest BCUT2D eigenvalue weighted by molar-refractivity contribution is -0.119. The normalized spacial score (nSPS) is 9.96. The maximum absolute atomic E-state index is 12.6. The van der Waals surface area contributed by atoms with Crippen LogP contribution in [0.5, 0.6) is 23.0 Å². The zero-order valence-corrected chi connectivity index (χ0v) is 14.7. The predicted octanol–water partition coefficient (Wildman–Crippen LogP) is 1.83. The van der Waals surface area contributed by atoms with Crippen LogP contribution in [0.2, 0.25) is 0 Å². The third-order valence-corrected chi connectivity index (χ3v) is 3.44. The Balaban J connectivity index is 2.18. The van der Waals surface area contributed by atoms with Crippen molar-refractivity contribution in [3.63, 3.8) is 0 Å². The number of hydrogen-bond acceptors (Lipinski definition) is 6. The molecule has 26 heavy (non-hydrogen) atoms. The SMILES string of the molecule is COc1ccc(C(=O)Nc2ccc(OCC(N)=O)cc2)c(OC)c1OC. The maximum Gasteiger partial charge on any atom is 0.259 e. The van der Waals surface area contributed by atoms with Gasteiger partial charge in [-0.15, -0.1) is 0 Å². The summed E-state index contributed by atoms with van der Waals surface area (Å²) in [5, 5.41) is 2.75. The first-order valence-electron chi connectivity index (χ1n) is 7.61. The number of amides is 2. The fourth-order valence-electron chi connectivity index (χ4n) is 2.27. The number of methoxy groups -OCH3 is 3. The monoisotopic (exact) mass is 360 g/mol. The molecule has 0 unspecified atom stereocenters. The smallest absolute Gasteiger partial charge is 0.259 e. The van der Waals surface area contributed by atoms with Crippen molar-refractivity contribution in [1.29, 1.82) is 0 Å². The molecule has 8 nitrogen and oxygen atoms in total. The van der Waals surface area contributed by atoms with Crippen molar-refractivity contribution < 1.29 is 28.5 Å². The first-order chi connectivity index (χ1) is 12.5. The molecule has 138 valence electrons.